The predicted octanol–water partition coefficient (Wildman–Crippen LogP) is 1.56. The summed E-state index contributed by atoms with van der Waals surface area (Å²) >= 11 is 0. The number of hydrogen-bond acceptors (Lipinski definition) is 4. The van der Waals surface area contributed by atoms with Crippen LogP contribution in [0.25, 0.3) is 0 Å². The van der Waals surface area contributed by atoms with E-state index < -0.39 is 0 Å². The summed E-state index contributed by atoms with van der Waals surface area (Å²) in [5.74, 6) is 1.07. The van der Waals surface area contributed by atoms with Gasteiger partial charge in [-0.05, 0) is 18.7 Å². The lowest BCUT2D eigenvalue weighted by Crippen LogP contribution is -2.44. The van der Waals surface area contributed by atoms with Crippen LogP contribution >= 0.6 is 37.2 Å². The van der Waals surface area contributed by atoms with Crippen LogP contribution < -0.4 is 10.6 Å². The van der Waals surface area contributed by atoms with E-state index in [0.29, 0.717) is 6.54 Å². The summed E-state index contributed by atoms with van der Waals surface area (Å²) in [5, 5.41) is 0. The Hall–Kier alpha value is -0.260. The summed E-state index contributed by atoms with van der Waals surface area (Å²) < 4.78 is 0. The molecule has 7 heteroatoms. The van der Waals surface area contributed by atoms with E-state index in [2.05, 4.69) is 34.0 Å². The van der Waals surface area contributed by atoms with E-state index in [-0.39, 0.29) is 37.2 Å². The molecule has 4 nitrogen and oxygen atoms in total. The van der Waals surface area contributed by atoms with E-state index in [4.69, 9.17) is 5.73 Å². The predicted molar refractivity (Wildman–Crippen MR) is 83.6 cm³/mol. The molecule has 0 bridgehead atoms. The maximum Gasteiger partial charge on any atom is 0.128 e. The molecule has 2 heterocycles. The topological polar surface area (TPSA) is 45.4 Å². The van der Waals surface area contributed by atoms with Crippen LogP contribution in [-0.4, -0.2) is 43.1 Å². The fourth-order valence-corrected chi connectivity index (χ4v) is 1.76. The van der Waals surface area contributed by atoms with Gasteiger partial charge in [-0.25, -0.2) is 4.98 Å². The third-order valence-corrected chi connectivity index (χ3v) is 2.87. The van der Waals surface area contributed by atoms with E-state index >= 15 is 0 Å². The van der Waals surface area contributed by atoms with Gasteiger partial charge in [0.25, 0.3) is 0 Å². The van der Waals surface area contributed by atoms with Crippen molar-refractivity contribution in [3.8, 4) is 0 Å². The molecule has 106 valence electrons. The molecule has 1 saturated heterocycles. The van der Waals surface area contributed by atoms with Crippen molar-refractivity contribution in [2.75, 3.05) is 38.1 Å². The highest BCUT2D eigenvalue weighted by Crippen LogP contribution is 2.13. The Kier molecular flexibility index (Phi) is 10.7. The van der Waals surface area contributed by atoms with E-state index in [0.717, 1.165) is 37.6 Å². The normalized spacial score (nSPS) is 15.1. The highest BCUT2D eigenvalue weighted by atomic mass is 35.5. The quantitative estimate of drug-likeness (QED) is 0.899. The van der Waals surface area contributed by atoms with E-state index in [9.17, 15) is 0 Å². The Morgan fingerprint density at radius 1 is 1.11 bits per heavy atom. The van der Waals surface area contributed by atoms with Gasteiger partial charge in [-0.2, -0.15) is 0 Å². The minimum Gasteiger partial charge on any atom is -0.354 e. The van der Waals surface area contributed by atoms with Crippen molar-refractivity contribution in [2.45, 2.75) is 6.54 Å². The van der Waals surface area contributed by atoms with Crippen molar-refractivity contribution in [3.05, 3.63) is 23.9 Å². The van der Waals surface area contributed by atoms with Crippen LogP contribution in [0.4, 0.5) is 5.82 Å². The van der Waals surface area contributed by atoms with Crippen LogP contribution in [0.15, 0.2) is 18.3 Å². The van der Waals surface area contributed by atoms with Crippen molar-refractivity contribution in [2.24, 2.45) is 5.73 Å². The molecular weight excluding hydrogens is 295 g/mol. The lowest BCUT2D eigenvalue weighted by Gasteiger charge is -2.33. The SMILES string of the molecule is CN1CCN(c2ccc(CN)cn2)CC1.Cl.Cl.Cl. The summed E-state index contributed by atoms with van der Waals surface area (Å²) in [6.45, 7) is 4.91. The maximum absolute atomic E-state index is 5.54. The first-order valence-corrected chi connectivity index (χ1v) is 5.38. The molecule has 1 fully saturated rings. The third-order valence-electron chi connectivity index (χ3n) is 2.87. The van der Waals surface area contributed by atoms with Crippen LogP contribution in [0.3, 0.4) is 0 Å². The number of pyridine rings is 1. The van der Waals surface area contributed by atoms with Crippen LogP contribution in [0.1, 0.15) is 5.56 Å². The number of nitrogens with two attached hydrogens (primary N) is 1. The number of nitrogens with zero attached hydrogens (tertiary/aromatic N) is 3. The zero-order chi connectivity index (χ0) is 10.7. The van der Waals surface area contributed by atoms with Gasteiger partial charge in [0.2, 0.25) is 0 Å². The number of rotatable bonds is 2. The molecule has 1 aromatic heterocycles. The molecule has 1 aromatic rings. The number of aromatic nitrogens is 1. The van der Waals surface area contributed by atoms with Gasteiger partial charge in [0.05, 0.1) is 0 Å². The standard InChI is InChI=1S/C11H18N4.3ClH/c1-14-4-6-15(7-5-14)11-3-2-10(8-12)9-13-11;;;/h2-3,9H,4-8,12H2,1H3;3*1H. The smallest absolute Gasteiger partial charge is 0.128 e. The van der Waals surface area contributed by atoms with Gasteiger partial charge in [-0.15, -0.1) is 37.2 Å². The highest BCUT2D eigenvalue weighted by Gasteiger charge is 2.14. The number of hydrogen-bond donors (Lipinski definition) is 1. The first kappa shape index (κ1) is 20.1. The summed E-state index contributed by atoms with van der Waals surface area (Å²) in [6, 6.07) is 4.12. The van der Waals surface area contributed by atoms with Crippen molar-refractivity contribution < 1.29 is 0 Å². The lowest BCUT2D eigenvalue weighted by atomic mass is 10.2. The van der Waals surface area contributed by atoms with E-state index in [1.165, 1.54) is 0 Å². The fourth-order valence-electron chi connectivity index (χ4n) is 1.76. The molecule has 2 N–H and O–H groups in total. The van der Waals surface area contributed by atoms with Crippen molar-refractivity contribution in [1.82, 2.24) is 9.88 Å². The fraction of sp³-hybridized carbons (Fsp3) is 0.545. The number of anilines is 1. The Morgan fingerprint density at radius 2 is 1.72 bits per heavy atom. The molecule has 0 atom stereocenters. The summed E-state index contributed by atoms with van der Waals surface area (Å²) in [7, 11) is 2.16. The Balaban J connectivity index is 0. The van der Waals surface area contributed by atoms with E-state index in [1.54, 1.807) is 0 Å². The molecule has 1 aliphatic rings. The minimum absolute atomic E-state index is 0. The summed E-state index contributed by atoms with van der Waals surface area (Å²) in [4.78, 5) is 9.08. The van der Waals surface area contributed by atoms with Gasteiger partial charge in [0, 0.05) is 38.9 Å². The van der Waals surface area contributed by atoms with Gasteiger partial charge in [-0.1, -0.05) is 6.07 Å². The molecule has 0 unspecified atom stereocenters. The highest BCUT2D eigenvalue weighted by molar-refractivity contribution is 5.86. The Bertz CT molecular complexity index is 313. The average molecular weight is 316 g/mol. The first-order valence-electron chi connectivity index (χ1n) is 5.38. The van der Waals surface area contributed by atoms with Gasteiger partial charge in [0.15, 0.2) is 0 Å². The van der Waals surface area contributed by atoms with Gasteiger partial charge < -0.3 is 15.5 Å². The molecule has 0 amide bonds. The minimum atomic E-state index is 0. The van der Waals surface area contributed by atoms with Crippen LogP contribution in [0, 0.1) is 0 Å². The summed E-state index contributed by atoms with van der Waals surface area (Å²) in [6.07, 6.45) is 1.87. The lowest BCUT2D eigenvalue weighted by molar-refractivity contribution is 0.312. The molecular formula is C11H21Cl3N4. The number of halogens is 3. The molecule has 2 rings (SSSR count). The Labute approximate surface area is 127 Å². The molecule has 0 aromatic carbocycles. The largest absolute Gasteiger partial charge is 0.354 e. The van der Waals surface area contributed by atoms with Crippen LogP contribution in [0.2, 0.25) is 0 Å². The van der Waals surface area contributed by atoms with Crippen LogP contribution in [0.5, 0.6) is 0 Å². The molecule has 0 aliphatic carbocycles. The number of likely N-dealkylation sites (N-methyl/N-ethyl adjacent to an activating group) is 1. The van der Waals surface area contributed by atoms with E-state index in [1.807, 2.05) is 6.20 Å². The number of piperazine rings is 1. The molecule has 18 heavy (non-hydrogen) atoms. The molecule has 1 aliphatic heterocycles. The second-order valence-electron chi connectivity index (χ2n) is 4.02. The Morgan fingerprint density at radius 3 is 2.17 bits per heavy atom. The van der Waals surface area contributed by atoms with Gasteiger partial charge >= 0.3 is 0 Å². The third kappa shape index (κ3) is 5.16. The van der Waals surface area contributed by atoms with Gasteiger partial charge in [-0.3, -0.25) is 0 Å². The molecule has 0 radical (unpaired) electrons. The van der Waals surface area contributed by atoms with Crippen molar-refractivity contribution in [3.63, 3.8) is 0 Å². The van der Waals surface area contributed by atoms with Crippen molar-refractivity contribution >= 4 is 43.0 Å². The second kappa shape index (κ2) is 9.64. The monoisotopic (exact) mass is 314 g/mol. The summed E-state index contributed by atoms with van der Waals surface area (Å²) in [5.41, 5.74) is 6.63. The second-order valence-corrected chi connectivity index (χ2v) is 4.02. The zero-order valence-electron chi connectivity index (χ0n) is 10.4. The van der Waals surface area contributed by atoms with Gasteiger partial charge in [0.1, 0.15) is 5.82 Å². The first-order chi connectivity index (χ1) is 7.29. The molecule has 0 spiro atoms. The average Bonchev–Trinajstić information content (AvgIpc) is 2.30. The van der Waals surface area contributed by atoms with Crippen molar-refractivity contribution in [1.29, 1.82) is 0 Å². The molecule has 0 saturated carbocycles. The maximum atomic E-state index is 5.54. The van der Waals surface area contributed by atoms with Crippen LogP contribution in [-0.2, 0) is 6.54 Å². The zero-order valence-corrected chi connectivity index (χ0v) is 12.9.